The fraction of sp³-hybridized carbons (Fsp3) is 0.375. The minimum Gasteiger partial charge on any atom is -0.445 e. The molecule has 39 heavy (non-hydrogen) atoms. The number of hydrogen-bond donors (Lipinski definition) is 1. The average Bonchev–Trinajstić information content (AvgIpc) is 2.98. The normalized spacial score (nSPS) is 10.6. The lowest BCUT2D eigenvalue weighted by molar-refractivity contribution is 0.0908. The van der Waals surface area contributed by atoms with Crippen LogP contribution < -0.4 is 0 Å². The third-order valence-electron chi connectivity index (χ3n) is 6.34. The lowest BCUT2D eigenvalue weighted by Gasteiger charge is -2.23. The summed E-state index contributed by atoms with van der Waals surface area (Å²) in [6, 6.07) is 29.2. The second-order valence-electron chi connectivity index (χ2n) is 9.47. The monoisotopic (exact) mass is 532 g/mol. The zero-order valence-corrected chi connectivity index (χ0v) is 22.6. The van der Waals surface area contributed by atoms with Crippen LogP contribution in [0.3, 0.4) is 0 Å². The number of carbonyl (C=O) groups excluding carboxylic acids is 2. The predicted octanol–water partition coefficient (Wildman–Crippen LogP) is 6.41. The molecule has 7 heteroatoms. The number of rotatable bonds is 16. The van der Waals surface area contributed by atoms with E-state index in [1.807, 2.05) is 91.0 Å². The molecular formula is C32H40N2O5. The molecule has 0 fully saturated rings. The minimum absolute atomic E-state index is 0.0279. The van der Waals surface area contributed by atoms with Crippen molar-refractivity contribution in [3.8, 4) is 0 Å². The lowest BCUT2D eigenvalue weighted by Crippen LogP contribution is -2.34. The van der Waals surface area contributed by atoms with Gasteiger partial charge in [0, 0.05) is 32.8 Å². The maximum atomic E-state index is 12.9. The van der Waals surface area contributed by atoms with Gasteiger partial charge in [0.15, 0.2) is 0 Å². The summed E-state index contributed by atoms with van der Waals surface area (Å²) in [4.78, 5) is 28.9. The molecule has 3 rings (SSSR count). The van der Waals surface area contributed by atoms with Gasteiger partial charge in [-0.2, -0.15) is 0 Å². The van der Waals surface area contributed by atoms with E-state index in [1.165, 1.54) is 0 Å². The number of carbonyl (C=O) groups is 2. The fourth-order valence-corrected chi connectivity index (χ4v) is 4.17. The van der Waals surface area contributed by atoms with Crippen LogP contribution in [0.1, 0.15) is 48.8 Å². The number of unbranched alkanes of at least 4 members (excludes halogenated alkanes) is 3. The molecule has 0 aliphatic heterocycles. The van der Waals surface area contributed by atoms with Crippen molar-refractivity contribution in [1.82, 2.24) is 9.80 Å². The molecule has 0 radical (unpaired) electrons. The highest BCUT2D eigenvalue weighted by Gasteiger charge is 2.17. The van der Waals surface area contributed by atoms with Crippen LogP contribution in [0.5, 0.6) is 0 Å². The third-order valence-corrected chi connectivity index (χ3v) is 6.34. The summed E-state index contributed by atoms with van der Waals surface area (Å²) in [6.07, 6.45) is 3.33. The van der Waals surface area contributed by atoms with E-state index >= 15 is 0 Å². The number of nitrogens with zero attached hydrogens (tertiary/aromatic N) is 2. The fourth-order valence-electron chi connectivity index (χ4n) is 4.17. The third kappa shape index (κ3) is 11.6. The SMILES string of the molecule is O=C(OCc1ccccc1)N(CCCO)CCCCCCN(Cc1ccccc1)C(=O)OCc1ccccc1. The summed E-state index contributed by atoms with van der Waals surface area (Å²) in [6.45, 7) is 2.62. The molecule has 3 aromatic rings. The zero-order valence-electron chi connectivity index (χ0n) is 22.6. The number of amides is 2. The topological polar surface area (TPSA) is 79.3 Å². The van der Waals surface area contributed by atoms with Crippen LogP contribution in [0.25, 0.3) is 0 Å². The number of benzene rings is 3. The van der Waals surface area contributed by atoms with Gasteiger partial charge >= 0.3 is 12.2 Å². The first kappa shape index (κ1) is 29.7. The van der Waals surface area contributed by atoms with Gasteiger partial charge in [0.25, 0.3) is 0 Å². The molecular weight excluding hydrogens is 492 g/mol. The van der Waals surface area contributed by atoms with Gasteiger partial charge in [-0.05, 0) is 36.0 Å². The van der Waals surface area contributed by atoms with Crippen LogP contribution >= 0.6 is 0 Å². The first-order chi connectivity index (χ1) is 19.2. The molecule has 0 aliphatic carbocycles. The summed E-state index contributed by atoms with van der Waals surface area (Å²) in [5, 5.41) is 9.23. The molecule has 2 amide bonds. The molecule has 1 N–H and O–H groups in total. The van der Waals surface area contributed by atoms with E-state index in [1.54, 1.807) is 9.80 Å². The summed E-state index contributed by atoms with van der Waals surface area (Å²) >= 11 is 0. The summed E-state index contributed by atoms with van der Waals surface area (Å²) in [5.41, 5.74) is 2.96. The summed E-state index contributed by atoms with van der Waals surface area (Å²) in [5.74, 6) is 0. The molecule has 0 bridgehead atoms. The van der Waals surface area contributed by atoms with Gasteiger partial charge in [0.2, 0.25) is 0 Å². The Morgan fingerprint density at radius 2 is 0.949 bits per heavy atom. The van der Waals surface area contributed by atoms with Gasteiger partial charge in [0.1, 0.15) is 13.2 Å². The van der Waals surface area contributed by atoms with Crippen LogP contribution in [0, 0.1) is 0 Å². The van der Waals surface area contributed by atoms with Crippen molar-refractivity contribution < 1.29 is 24.2 Å². The standard InChI is InChI=1S/C32H40N2O5/c35-24-14-23-33(31(36)38-26-29-17-8-4-9-18-29)21-12-1-2-13-22-34(25-28-15-6-3-7-16-28)32(37)39-27-30-19-10-5-11-20-30/h3-11,15-20,35H,1-2,12-14,21-27H2. The van der Waals surface area contributed by atoms with Crippen LogP contribution in [-0.4, -0.2) is 53.3 Å². The van der Waals surface area contributed by atoms with Crippen molar-refractivity contribution in [2.75, 3.05) is 26.2 Å². The van der Waals surface area contributed by atoms with Crippen molar-refractivity contribution in [2.24, 2.45) is 0 Å². The molecule has 0 heterocycles. The predicted molar refractivity (Wildman–Crippen MR) is 152 cm³/mol. The van der Waals surface area contributed by atoms with E-state index in [2.05, 4.69) is 0 Å². The van der Waals surface area contributed by atoms with Crippen molar-refractivity contribution >= 4 is 12.2 Å². The van der Waals surface area contributed by atoms with Gasteiger partial charge in [-0.25, -0.2) is 9.59 Å². The number of aliphatic hydroxyl groups is 1. The Labute approximate surface area is 232 Å². The van der Waals surface area contributed by atoms with Gasteiger partial charge in [-0.3, -0.25) is 0 Å². The maximum Gasteiger partial charge on any atom is 0.410 e. The minimum atomic E-state index is -0.359. The van der Waals surface area contributed by atoms with Gasteiger partial charge in [0.05, 0.1) is 0 Å². The molecule has 0 aliphatic rings. The van der Waals surface area contributed by atoms with E-state index in [9.17, 15) is 14.7 Å². The van der Waals surface area contributed by atoms with Crippen LogP contribution in [0.15, 0.2) is 91.0 Å². The van der Waals surface area contributed by atoms with E-state index in [-0.39, 0.29) is 32.0 Å². The van der Waals surface area contributed by atoms with E-state index < -0.39 is 0 Å². The molecule has 7 nitrogen and oxygen atoms in total. The van der Waals surface area contributed by atoms with E-state index in [4.69, 9.17) is 9.47 Å². The molecule has 0 aromatic heterocycles. The highest BCUT2D eigenvalue weighted by molar-refractivity contribution is 5.68. The quantitative estimate of drug-likeness (QED) is 0.216. The van der Waals surface area contributed by atoms with E-state index in [0.717, 1.165) is 42.4 Å². The number of aliphatic hydroxyl groups excluding tert-OH is 1. The summed E-state index contributed by atoms with van der Waals surface area (Å²) in [7, 11) is 0. The van der Waals surface area contributed by atoms with E-state index in [0.29, 0.717) is 32.6 Å². The Bertz CT molecular complexity index is 1080. The molecule has 3 aromatic carbocycles. The van der Waals surface area contributed by atoms with Crippen LogP contribution in [-0.2, 0) is 29.2 Å². The molecule has 0 atom stereocenters. The maximum absolute atomic E-state index is 12.9. The number of hydrogen-bond acceptors (Lipinski definition) is 5. The molecule has 0 unspecified atom stereocenters. The van der Waals surface area contributed by atoms with Gasteiger partial charge in [-0.15, -0.1) is 0 Å². The molecule has 0 spiro atoms. The zero-order chi connectivity index (χ0) is 27.5. The van der Waals surface area contributed by atoms with Gasteiger partial charge < -0.3 is 24.4 Å². The second kappa shape index (κ2) is 17.6. The second-order valence-corrected chi connectivity index (χ2v) is 9.47. The summed E-state index contributed by atoms with van der Waals surface area (Å²) < 4.78 is 11.1. The largest absolute Gasteiger partial charge is 0.445 e. The van der Waals surface area contributed by atoms with Crippen LogP contribution in [0.2, 0.25) is 0 Å². The highest BCUT2D eigenvalue weighted by Crippen LogP contribution is 2.12. The van der Waals surface area contributed by atoms with Crippen molar-refractivity contribution in [3.63, 3.8) is 0 Å². The van der Waals surface area contributed by atoms with Gasteiger partial charge in [-0.1, -0.05) is 104 Å². The number of ether oxygens (including phenoxy) is 2. The lowest BCUT2D eigenvalue weighted by atomic mass is 10.1. The Morgan fingerprint density at radius 3 is 1.44 bits per heavy atom. The molecule has 208 valence electrons. The van der Waals surface area contributed by atoms with Crippen molar-refractivity contribution in [2.45, 2.75) is 51.9 Å². The van der Waals surface area contributed by atoms with Crippen molar-refractivity contribution in [3.05, 3.63) is 108 Å². The van der Waals surface area contributed by atoms with Crippen molar-refractivity contribution in [1.29, 1.82) is 0 Å². The average molecular weight is 533 g/mol. The Morgan fingerprint density at radius 1 is 0.538 bits per heavy atom. The Balaban J connectivity index is 1.42. The highest BCUT2D eigenvalue weighted by atomic mass is 16.6. The Hall–Kier alpha value is -3.84. The van der Waals surface area contributed by atoms with Crippen LogP contribution in [0.4, 0.5) is 9.59 Å². The smallest absolute Gasteiger partial charge is 0.410 e. The molecule has 0 saturated heterocycles. The Kier molecular flexibility index (Phi) is 13.4. The first-order valence-corrected chi connectivity index (χ1v) is 13.7. The molecule has 0 saturated carbocycles. The first-order valence-electron chi connectivity index (χ1n) is 13.7.